The van der Waals surface area contributed by atoms with Crippen molar-refractivity contribution in [2.75, 3.05) is 37.7 Å². The number of aliphatic hydroxyl groups is 2. The molecule has 0 amide bonds. The van der Waals surface area contributed by atoms with E-state index >= 15 is 0 Å². The summed E-state index contributed by atoms with van der Waals surface area (Å²) < 4.78 is 44.4. The van der Waals surface area contributed by atoms with E-state index in [4.69, 9.17) is 27.9 Å². The van der Waals surface area contributed by atoms with Crippen molar-refractivity contribution in [1.82, 2.24) is 9.88 Å². The van der Waals surface area contributed by atoms with Crippen molar-refractivity contribution in [2.45, 2.75) is 37.8 Å². The lowest BCUT2D eigenvalue weighted by atomic mass is 9.94. The quantitative estimate of drug-likeness (QED) is 0.342. The Morgan fingerprint density at radius 1 is 1.08 bits per heavy atom. The van der Waals surface area contributed by atoms with Crippen molar-refractivity contribution in [1.29, 1.82) is 0 Å². The van der Waals surface area contributed by atoms with E-state index in [2.05, 4.69) is 14.8 Å². The molecule has 11 heteroatoms. The fourth-order valence-electron chi connectivity index (χ4n) is 4.68. The van der Waals surface area contributed by atoms with E-state index in [9.17, 15) is 23.4 Å². The fourth-order valence-corrected chi connectivity index (χ4v) is 5.08. The number of anilines is 1. The van der Waals surface area contributed by atoms with E-state index in [-0.39, 0.29) is 19.2 Å². The van der Waals surface area contributed by atoms with Gasteiger partial charge in [-0.15, -0.1) is 0 Å². The molecule has 2 aromatic carbocycles. The van der Waals surface area contributed by atoms with Gasteiger partial charge in [0.1, 0.15) is 23.7 Å². The first-order chi connectivity index (χ1) is 18.3. The number of pyridine rings is 1. The summed E-state index contributed by atoms with van der Waals surface area (Å²) in [5, 5.41) is 21.8. The topological polar surface area (TPSA) is 69.1 Å². The number of aromatic nitrogens is 1. The summed E-state index contributed by atoms with van der Waals surface area (Å²) in [6.45, 7) is 5.21. The molecule has 3 aromatic rings. The average Bonchev–Trinajstić information content (AvgIpc) is 2.87. The molecule has 2 heterocycles. The third-order valence-electron chi connectivity index (χ3n) is 6.65. The Morgan fingerprint density at radius 3 is 2.38 bits per heavy atom. The minimum absolute atomic E-state index is 0.149. The predicted molar refractivity (Wildman–Crippen MR) is 145 cm³/mol. The zero-order valence-electron chi connectivity index (χ0n) is 21.5. The molecule has 1 aliphatic heterocycles. The second kappa shape index (κ2) is 11.9. The van der Waals surface area contributed by atoms with Crippen molar-refractivity contribution >= 4 is 28.9 Å². The second-order valence-electron chi connectivity index (χ2n) is 9.97. The zero-order valence-corrected chi connectivity index (χ0v) is 23.0. The van der Waals surface area contributed by atoms with Gasteiger partial charge in [0.25, 0.3) is 0 Å². The lowest BCUT2D eigenvalue weighted by Crippen LogP contribution is -2.52. The molecule has 0 spiro atoms. The molecule has 2 N–H and O–H groups in total. The van der Waals surface area contributed by atoms with Crippen molar-refractivity contribution in [3.05, 3.63) is 87.7 Å². The van der Waals surface area contributed by atoms with Gasteiger partial charge in [0.15, 0.2) is 0 Å². The molecule has 210 valence electrons. The number of benzene rings is 2. The van der Waals surface area contributed by atoms with Crippen LogP contribution in [-0.2, 0) is 11.8 Å². The summed E-state index contributed by atoms with van der Waals surface area (Å²) in [7, 11) is 0. The van der Waals surface area contributed by atoms with Gasteiger partial charge >= 0.3 is 6.18 Å². The highest BCUT2D eigenvalue weighted by Crippen LogP contribution is 2.38. The number of aliphatic hydroxyl groups excluding tert-OH is 1. The first kappa shape index (κ1) is 29.4. The molecule has 1 aliphatic rings. The Hall–Kier alpha value is -2.56. The summed E-state index contributed by atoms with van der Waals surface area (Å²) in [6.07, 6.45) is -4.08. The SMILES string of the molecule is C[C@@H](O)COc1ccc(N2CCN(C[C@@](C)(O)c3ccc(C(F)(F)F)nc3)C[C@H]2c2ccc(Cl)cc2)c(Cl)c1. The normalized spacial score (nSPS) is 19.0. The van der Waals surface area contributed by atoms with E-state index in [1.165, 1.54) is 6.07 Å². The number of halogens is 5. The molecule has 0 bridgehead atoms. The molecular formula is C28H30Cl2F3N3O3. The van der Waals surface area contributed by atoms with Gasteiger partial charge in [0, 0.05) is 49.0 Å². The molecule has 1 aromatic heterocycles. The molecule has 0 radical (unpaired) electrons. The van der Waals surface area contributed by atoms with E-state index < -0.39 is 23.6 Å². The second-order valence-corrected chi connectivity index (χ2v) is 10.8. The fraction of sp³-hybridized carbons (Fsp3) is 0.393. The standard InChI is InChI=1S/C28H30Cl2F3N3O3/c1-18(37)16-39-22-8-9-24(23(30)13-22)36-12-11-35(15-25(36)19-3-6-21(29)7-4-19)17-27(2,38)20-5-10-26(34-14-20)28(31,32)33/h3-10,13-14,18,25,37-38H,11-12,15-17H2,1-2H3/t18-,25+,27-/m1/s1. The van der Waals surface area contributed by atoms with Crippen LogP contribution in [0.4, 0.5) is 18.9 Å². The van der Waals surface area contributed by atoms with Crippen LogP contribution in [-0.4, -0.2) is 59.0 Å². The highest BCUT2D eigenvalue weighted by molar-refractivity contribution is 6.33. The summed E-state index contributed by atoms with van der Waals surface area (Å²) in [5.41, 5.74) is -0.330. The number of nitrogens with zero attached hydrogens (tertiary/aromatic N) is 3. The first-order valence-corrected chi connectivity index (χ1v) is 13.2. The Kier molecular flexibility index (Phi) is 8.98. The maximum Gasteiger partial charge on any atom is 0.433 e. The highest BCUT2D eigenvalue weighted by atomic mass is 35.5. The van der Waals surface area contributed by atoms with Crippen molar-refractivity contribution < 1.29 is 28.1 Å². The Balaban J connectivity index is 1.56. The van der Waals surface area contributed by atoms with E-state index in [1.807, 2.05) is 30.3 Å². The van der Waals surface area contributed by atoms with Gasteiger partial charge in [-0.2, -0.15) is 13.2 Å². The molecule has 3 atom stereocenters. The Bertz CT molecular complexity index is 1260. The minimum Gasteiger partial charge on any atom is -0.491 e. The Morgan fingerprint density at radius 2 is 1.79 bits per heavy atom. The monoisotopic (exact) mass is 583 g/mol. The first-order valence-electron chi connectivity index (χ1n) is 12.4. The van der Waals surface area contributed by atoms with Gasteiger partial charge in [0.05, 0.1) is 22.9 Å². The number of hydrogen-bond acceptors (Lipinski definition) is 6. The van der Waals surface area contributed by atoms with Gasteiger partial charge in [0.2, 0.25) is 0 Å². The zero-order chi connectivity index (χ0) is 28.4. The number of alkyl halides is 3. The van der Waals surface area contributed by atoms with Crippen LogP contribution < -0.4 is 9.64 Å². The molecule has 39 heavy (non-hydrogen) atoms. The summed E-state index contributed by atoms with van der Waals surface area (Å²) in [6, 6.07) is 14.9. The third-order valence-corrected chi connectivity index (χ3v) is 7.20. The van der Waals surface area contributed by atoms with Crippen molar-refractivity contribution in [2.24, 2.45) is 0 Å². The van der Waals surface area contributed by atoms with Gasteiger partial charge in [-0.25, -0.2) is 0 Å². The van der Waals surface area contributed by atoms with Crippen LogP contribution in [0.5, 0.6) is 5.75 Å². The van der Waals surface area contributed by atoms with Gasteiger partial charge in [-0.3, -0.25) is 9.88 Å². The van der Waals surface area contributed by atoms with E-state index in [0.29, 0.717) is 41.0 Å². The van der Waals surface area contributed by atoms with Gasteiger partial charge in [-0.1, -0.05) is 41.4 Å². The molecular weight excluding hydrogens is 554 g/mol. The molecule has 4 rings (SSSR count). The average molecular weight is 584 g/mol. The molecule has 0 aliphatic carbocycles. The minimum atomic E-state index is -4.55. The van der Waals surface area contributed by atoms with Gasteiger partial charge in [-0.05, 0) is 49.7 Å². The number of ether oxygens (including phenoxy) is 1. The van der Waals surface area contributed by atoms with E-state index in [0.717, 1.165) is 23.5 Å². The number of piperazine rings is 1. The maximum absolute atomic E-state index is 12.9. The van der Waals surface area contributed by atoms with Crippen LogP contribution in [0, 0.1) is 0 Å². The molecule has 6 nitrogen and oxygen atoms in total. The maximum atomic E-state index is 12.9. The smallest absolute Gasteiger partial charge is 0.433 e. The van der Waals surface area contributed by atoms with E-state index in [1.54, 1.807) is 26.0 Å². The largest absolute Gasteiger partial charge is 0.491 e. The third kappa shape index (κ3) is 7.35. The highest BCUT2D eigenvalue weighted by Gasteiger charge is 2.36. The summed E-state index contributed by atoms with van der Waals surface area (Å²) in [4.78, 5) is 7.75. The van der Waals surface area contributed by atoms with Crippen LogP contribution in [0.1, 0.15) is 36.7 Å². The summed E-state index contributed by atoms with van der Waals surface area (Å²) >= 11 is 12.8. The summed E-state index contributed by atoms with van der Waals surface area (Å²) in [5.74, 6) is 0.549. The molecule has 0 saturated carbocycles. The number of β-amino-alcohol motifs (C(OH)–C–C–N with tert-alkyl or cyclic N) is 1. The van der Waals surface area contributed by atoms with Crippen LogP contribution in [0.2, 0.25) is 10.0 Å². The lowest BCUT2D eigenvalue weighted by Gasteiger charge is -2.45. The Labute approximate surface area is 235 Å². The van der Waals surface area contributed by atoms with Gasteiger partial charge < -0.3 is 19.8 Å². The van der Waals surface area contributed by atoms with Crippen molar-refractivity contribution in [3.8, 4) is 5.75 Å². The van der Waals surface area contributed by atoms with Crippen LogP contribution in [0.25, 0.3) is 0 Å². The molecule has 0 unspecified atom stereocenters. The lowest BCUT2D eigenvalue weighted by molar-refractivity contribution is -0.141. The van der Waals surface area contributed by atoms with Crippen LogP contribution in [0.15, 0.2) is 60.8 Å². The predicted octanol–water partition coefficient (Wildman–Crippen LogP) is 5.94. The molecule has 1 saturated heterocycles. The van der Waals surface area contributed by atoms with Crippen LogP contribution >= 0.6 is 23.2 Å². The van der Waals surface area contributed by atoms with Crippen LogP contribution in [0.3, 0.4) is 0 Å². The molecule has 1 fully saturated rings. The number of rotatable bonds is 8. The number of hydrogen-bond donors (Lipinski definition) is 2. The van der Waals surface area contributed by atoms with Crippen molar-refractivity contribution in [3.63, 3.8) is 0 Å².